The molecule has 17 heteroatoms. The lowest BCUT2D eigenvalue weighted by Gasteiger charge is -2.54. The van der Waals surface area contributed by atoms with Crippen LogP contribution in [0.2, 0.25) is 0 Å². The molecule has 64 heavy (non-hydrogen) atoms. The second-order valence-electron chi connectivity index (χ2n) is 19.5. The summed E-state index contributed by atoms with van der Waals surface area (Å²) < 4.78 is 60.2. The van der Waals surface area contributed by atoms with Gasteiger partial charge >= 0.3 is 35.8 Å². The van der Waals surface area contributed by atoms with Gasteiger partial charge in [0.15, 0.2) is 30.4 Å². The average molecular weight is 901 g/mol. The fourth-order valence-corrected chi connectivity index (χ4v) is 12.7. The predicted molar refractivity (Wildman–Crippen MR) is 220 cm³/mol. The first-order chi connectivity index (χ1) is 30.0. The fraction of sp³-hybridized carbons (Fsp3) is 0.766. The monoisotopic (exact) mass is 900 g/mol. The molecule has 0 radical (unpaired) electrons. The van der Waals surface area contributed by atoms with Crippen molar-refractivity contribution < 1.29 is 80.9 Å². The van der Waals surface area contributed by atoms with Crippen molar-refractivity contribution in [1.82, 2.24) is 0 Å². The maximum absolute atomic E-state index is 13.5. The minimum Gasteiger partial charge on any atom is -0.463 e. The molecule has 0 spiro atoms. The van der Waals surface area contributed by atoms with Crippen LogP contribution in [0.4, 0.5) is 0 Å². The Labute approximate surface area is 373 Å². The molecule has 4 fully saturated rings. The molecule has 0 aromatic rings. The van der Waals surface area contributed by atoms with Crippen molar-refractivity contribution in [2.45, 2.75) is 188 Å². The van der Waals surface area contributed by atoms with Crippen molar-refractivity contribution in [2.75, 3.05) is 6.61 Å². The molecular weight excluding hydrogens is 836 g/mol. The molecule has 16 unspecified atom stereocenters. The van der Waals surface area contributed by atoms with E-state index in [4.69, 9.17) is 47.4 Å². The Kier molecular flexibility index (Phi) is 13.4. The predicted octanol–water partition coefficient (Wildman–Crippen LogP) is 4.93. The number of Topliss-reactive ketones (excluding diaryl/α,β-unsaturated/α-hetero) is 1. The van der Waals surface area contributed by atoms with E-state index < -0.39 is 102 Å². The maximum atomic E-state index is 13.5. The largest absolute Gasteiger partial charge is 0.463 e. The smallest absolute Gasteiger partial charge is 0.304 e. The average Bonchev–Trinajstić information content (AvgIpc) is 3.82. The number of ketones is 1. The van der Waals surface area contributed by atoms with Gasteiger partial charge in [-0.2, -0.15) is 0 Å². The van der Waals surface area contributed by atoms with E-state index in [0.29, 0.717) is 12.8 Å². The zero-order valence-electron chi connectivity index (χ0n) is 38.8. The standard InChI is InChI=1S/C47H64O17/c1-21(2)47(22(3)48,64-28(9)54)42-39-36(43(63-42)59-27(8)53)37-34(61-39)19-33-31-13-12-29-18-30(14-16-45(29,10)32(31)15-17-46(33,37)11)60-44-41(58-26(7)52)40(57-25(6)51)38(56-24(5)50)35(62-44)20-55-23(4)49/h19,21,29-30,34-44H,12-18,20H2,1-11H3. The third kappa shape index (κ3) is 8.43. The van der Waals surface area contributed by atoms with Gasteiger partial charge in [-0.1, -0.05) is 39.3 Å². The quantitative estimate of drug-likeness (QED) is 0.188. The Balaban J connectivity index is 1.14. The summed E-state index contributed by atoms with van der Waals surface area (Å²) >= 11 is 0. The van der Waals surface area contributed by atoms with Gasteiger partial charge in [0, 0.05) is 53.4 Å². The molecule has 4 aliphatic carbocycles. The molecule has 3 aliphatic heterocycles. The van der Waals surface area contributed by atoms with E-state index in [1.807, 2.05) is 0 Å². The van der Waals surface area contributed by atoms with Crippen molar-refractivity contribution >= 4 is 41.6 Å². The minimum absolute atomic E-state index is 0.138. The lowest BCUT2D eigenvalue weighted by Crippen LogP contribution is -2.63. The van der Waals surface area contributed by atoms with E-state index in [9.17, 15) is 33.6 Å². The van der Waals surface area contributed by atoms with E-state index in [2.05, 4.69) is 19.9 Å². The number of allylic oxidation sites excluding steroid dienone is 3. The highest BCUT2D eigenvalue weighted by Gasteiger charge is 2.71. The van der Waals surface area contributed by atoms with Crippen LogP contribution in [0.5, 0.6) is 0 Å². The molecule has 0 amide bonds. The van der Waals surface area contributed by atoms with Crippen LogP contribution in [-0.4, -0.2) is 115 Å². The summed E-state index contributed by atoms with van der Waals surface area (Å²) in [6.45, 7) is 16.6. The van der Waals surface area contributed by atoms with Crippen LogP contribution in [0, 0.1) is 34.5 Å². The Hall–Kier alpha value is -4.19. The maximum Gasteiger partial charge on any atom is 0.304 e. The molecule has 7 aliphatic rings. The molecule has 0 aromatic heterocycles. The number of carbonyl (C=O) groups excluding carboxylic acids is 7. The third-order valence-electron chi connectivity index (χ3n) is 15.2. The Morgan fingerprint density at radius 3 is 1.95 bits per heavy atom. The summed E-state index contributed by atoms with van der Waals surface area (Å²) in [6.07, 6.45) is -2.00. The summed E-state index contributed by atoms with van der Waals surface area (Å²) in [5.74, 6) is -5.05. The van der Waals surface area contributed by atoms with Gasteiger partial charge in [0.25, 0.3) is 0 Å². The molecule has 3 saturated heterocycles. The second-order valence-corrected chi connectivity index (χ2v) is 19.5. The number of fused-ring (bicyclic) bond motifs is 8. The Bertz CT molecular complexity index is 1990. The first kappa shape index (κ1) is 47.8. The van der Waals surface area contributed by atoms with Gasteiger partial charge in [-0.25, -0.2) is 0 Å². The summed E-state index contributed by atoms with van der Waals surface area (Å²) in [5, 5.41) is 0. The fourth-order valence-electron chi connectivity index (χ4n) is 12.7. The van der Waals surface area contributed by atoms with Crippen LogP contribution in [0.25, 0.3) is 0 Å². The summed E-state index contributed by atoms with van der Waals surface area (Å²) in [5.41, 5.74) is 1.81. The van der Waals surface area contributed by atoms with Crippen LogP contribution >= 0.6 is 0 Å². The second kappa shape index (κ2) is 17.9. The highest BCUT2D eigenvalue weighted by Crippen LogP contribution is 2.68. The van der Waals surface area contributed by atoms with Gasteiger partial charge < -0.3 is 47.4 Å². The van der Waals surface area contributed by atoms with E-state index >= 15 is 0 Å². The lowest BCUT2D eigenvalue weighted by molar-refractivity contribution is -0.320. The molecule has 1 saturated carbocycles. The first-order valence-electron chi connectivity index (χ1n) is 22.6. The molecule has 17 nitrogen and oxygen atoms in total. The topological polar surface area (TPSA) is 212 Å². The van der Waals surface area contributed by atoms with Crippen LogP contribution in [0.1, 0.15) is 121 Å². The van der Waals surface area contributed by atoms with Crippen molar-refractivity contribution in [3.05, 3.63) is 22.8 Å². The Morgan fingerprint density at radius 1 is 0.719 bits per heavy atom. The molecular formula is C47H64O17. The van der Waals surface area contributed by atoms with Gasteiger partial charge in [0.05, 0.1) is 24.2 Å². The van der Waals surface area contributed by atoms with Crippen LogP contribution in [0.15, 0.2) is 22.8 Å². The highest BCUT2D eigenvalue weighted by molar-refractivity contribution is 5.89. The summed E-state index contributed by atoms with van der Waals surface area (Å²) in [6, 6.07) is 0. The minimum atomic E-state index is -1.65. The number of esters is 6. The normalized spacial score (nSPS) is 39.4. The first-order valence-corrected chi connectivity index (χ1v) is 22.6. The van der Waals surface area contributed by atoms with Crippen LogP contribution in [-0.2, 0) is 80.9 Å². The van der Waals surface area contributed by atoms with Gasteiger partial charge in [-0.05, 0) is 79.8 Å². The number of hydrogen-bond donors (Lipinski definition) is 0. The zero-order valence-corrected chi connectivity index (χ0v) is 38.8. The molecule has 0 aromatic carbocycles. The number of carbonyl (C=O) groups is 7. The van der Waals surface area contributed by atoms with Crippen molar-refractivity contribution in [3.63, 3.8) is 0 Å². The third-order valence-corrected chi connectivity index (χ3v) is 15.2. The summed E-state index contributed by atoms with van der Waals surface area (Å²) in [7, 11) is 0. The van der Waals surface area contributed by atoms with Gasteiger partial charge in [-0.15, -0.1) is 0 Å². The molecule has 0 N–H and O–H groups in total. The van der Waals surface area contributed by atoms with Crippen molar-refractivity contribution in [3.8, 4) is 0 Å². The molecule has 354 valence electrons. The summed E-state index contributed by atoms with van der Waals surface area (Å²) in [4.78, 5) is 87.5. The number of rotatable bonds is 12. The molecule has 3 heterocycles. The zero-order chi connectivity index (χ0) is 46.8. The van der Waals surface area contributed by atoms with E-state index in [1.54, 1.807) is 13.8 Å². The number of ether oxygens (including phenoxy) is 10. The van der Waals surface area contributed by atoms with E-state index in [1.165, 1.54) is 65.2 Å². The lowest BCUT2D eigenvalue weighted by atomic mass is 9.51. The Morgan fingerprint density at radius 2 is 1.36 bits per heavy atom. The van der Waals surface area contributed by atoms with Gasteiger partial charge in [0.2, 0.25) is 11.9 Å². The van der Waals surface area contributed by atoms with Crippen molar-refractivity contribution in [2.24, 2.45) is 34.5 Å². The SMILES string of the molecule is CC(=O)OCC1OC(OC2CCC3(C)C4=C(CCC3C2)C2=CC3OC5C(C(OC(C)=O)OC5C(OC(C)=O)(C(C)=O)C(C)C)C3C2(C)CC4)C(OC(C)=O)C(OC(C)=O)C1OC(C)=O. The number of hydrogen-bond acceptors (Lipinski definition) is 17. The van der Waals surface area contributed by atoms with Gasteiger partial charge in [0.1, 0.15) is 18.8 Å². The van der Waals surface area contributed by atoms with E-state index in [-0.39, 0.29) is 47.3 Å². The van der Waals surface area contributed by atoms with Crippen LogP contribution in [0.3, 0.4) is 0 Å². The van der Waals surface area contributed by atoms with E-state index in [0.717, 1.165) is 32.1 Å². The molecule has 16 atom stereocenters. The molecule has 7 rings (SSSR count). The highest BCUT2D eigenvalue weighted by atomic mass is 16.7. The van der Waals surface area contributed by atoms with Crippen molar-refractivity contribution in [1.29, 1.82) is 0 Å². The molecule has 0 bridgehead atoms. The van der Waals surface area contributed by atoms with Gasteiger partial charge in [-0.3, -0.25) is 33.6 Å². The van der Waals surface area contributed by atoms with Crippen LogP contribution < -0.4 is 0 Å².